The first-order valence-corrected chi connectivity index (χ1v) is 9.17. The van der Waals surface area contributed by atoms with Crippen molar-refractivity contribution in [3.63, 3.8) is 0 Å². The molecule has 2 aliphatic carbocycles. The Labute approximate surface area is 145 Å². The monoisotopic (exact) mass is 334 g/mol. The topological polar surface area (TPSA) is 68.6 Å². The molecule has 1 aliphatic heterocycles. The highest BCUT2D eigenvalue weighted by molar-refractivity contribution is 5.79. The molecule has 3 rings (SSSR count). The molecule has 3 aliphatic rings. The summed E-state index contributed by atoms with van der Waals surface area (Å²) in [5.41, 5.74) is -0.703. The van der Waals surface area contributed by atoms with Crippen LogP contribution in [-0.4, -0.2) is 73.2 Å². The average Bonchev–Trinajstić information content (AvgIpc) is 3.39. The lowest BCUT2D eigenvalue weighted by Gasteiger charge is -2.46. The molecule has 6 heteroatoms. The largest absolute Gasteiger partial charge is 0.375 e. The molecule has 6 nitrogen and oxygen atoms in total. The Bertz CT molecular complexity index is 514. The maximum Gasteiger partial charge on any atom is 0.235 e. The molecule has 0 aromatic carbocycles. The first-order chi connectivity index (χ1) is 11.4. The summed E-state index contributed by atoms with van der Waals surface area (Å²) in [6.45, 7) is 3.72. The van der Waals surface area contributed by atoms with Crippen molar-refractivity contribution in [2.45, 2.75) is 62.8 Å². The second-order valence-electron chi connectivity index (χ2n) is 8.01. The molecule has 0 aromatic heterocycles. The van der Waals surface area contributed by atoms with Crippen molar-refractivity contribution in [1.82, 2.24) is 15.1 Å². The molecule has 3 fully saturated rings. The molecular weight excluding hydrogens is 304 g/mol. The van der Waals surface area contributed by atoms with E-state index in [1.807, 2.05) is 6.92 Å². The minimum atomic E-state index is -0.703. The molecule has 4 atom stereocenters. The van der Waals surface area contributed by atoms with E-state index < -0.39 is 5.54 Å². The van der Waals surface area contributed by atoms with Crippen LogP contribution in [-0.2, 0) is 9.53 Å². The third kappa shape index (κ3) is 3.74. The van der Waals surface area contributed by atoms with Crippen molar-refractivity contribution in [2.75, 3.05) is 33.8 Å². The molecule has 134 valence electrons. The lowest BCUT2D eigenvalue weighted by atomic mass is 9.86. The van der Waals surface area contributed by atoms with E-state index in [0.717, 1.165) is 38.6 Å². The highest BCUT2D eigenvalue weighted by Crippen LogP contribution is 2.39. The van der Waals surface area contributed by atoms with E-state index in [1.54, 1.807) is 0 Å². The van der Waals surface area contributed by atoms with Gasteiger partial charge in [-0.05, 0) is 59.0 Å². The van der Waals surface area contributed by atoms with E-state index >= 15 is 0 Å². The zero-order chi connectivity index (χ0) is 17.3. The van der Waals surface area contributed by atoms with Gasteiger partial charge in [-0.3, -0.25) is 9.69 Å². The van der Waals surface area contributed by atoms with E-state index in [2.05, 4.69) is 35.3 Å². The van der Waals surface area contributed by atoms with Gasteiger partial charge in [-0.15, -0.1) is 0 Å². The number of nitrogens with one attached hydrogen (secondary N) is 1. The molecule has 1 N–H and O–H groups in total. The SMILES string of the molecule is CN(C)[C@@H]1CC[C@@H]2[C@@H](C1)OCCN2CC(=O)N[C@@](C)(C#N)C1CC1. The summed E-state index contributed by atoms with van der Waals surface area (Å²) in [5.74, 6) is 0.292. The number of nitriles is 1. The fourth-order valence-corrected chi connectivity index (χ4v) is 4.24. The molecule has 1 saturated heterocycles. The van der Waals surface area contributed by atoms with Gasteiger partial charge in [0.2, 0.25) is 5.91 Å². The van der Waals surface area contributed by atoms with Gasteiger partial charge >= 0.3 is 0 Å². The smallest absolute Gasteiger partial charge is 0.235 e. The van der Waals surface area contributed by atoms with Crippen LogP contribution in [0.15, 0.2) is 0 Å². The number of morpholine rings is 1. The molecule has 0 unspecified atom stereocenters. The Kier molecular flexibility index (Phi) is 5.14. The van der Waals surface area contributed by atoms with E-state index in [4.69, 9.17) is 4.74 Å². The van der Waals surface area contributed by atoms with Crippen LogP contribution in [0.2, 0.25) is 0 Å². The van der Waals surface area contributed by atoms with Crippen molar-refractivity contribution in [2.24, 2.45) is 5.92 Å². The van der Waals surface area contributed by atoms with Crippen LogP contribution in [0.1, 0.15) is 39.0 Å². The predicted octanol–water partition coefficient (Wildman–Crippen LogP) is 0.978. The van der Waals surface area contributed by atoms with E-state index in [1.165, 1.54) is 0 Å². The molecule has 0 bridgehead atoms. The Morgan fingerprint density at radius 1 is 1.38 bits per heavy atom. The molecule has 1 heterocycles. The molecule has 1 amide bonds. The van der Waals surface area contributed by atoms with Gasteiger partial charge in [0, 0.05) is 18.6 Å². The molecular formula is C18H30N4O2. The Morgan fingerprint density at radius 3 is 2.75 bits per heavy atom. The quantitative estimate of drug-likeness (QED) is 0.812. The van der Waals surface area contributed by atoms with Gasteiger partial charge in [0.05, 0.1) is 25.3 Å². The number of carbonyl (C=O) groups excluding carboxylic acids is 1. The highest BCUT2D eigenvalue weighted by atomic mass is 16.5. The lowest BCUT2D eigenvalue weighted by Crippen LogP contribution is -2.59. The van der Waals surface area contributed by atoms with Gasteiger partial charge < -0.3 is 15.0 Å². The van der Waals surface area contributed by atoms with Crippen molar-refractivity contribution in [1.29, 1.82) is 5.26 Å². The van der Waals surface area contributed by atoms with Gasteiger partial charge in [-0.2, -0.15) is 5.26 Å². The third-order valence-electron chi connectivity index (χ3n) is 6.01. The molecule has 0 radical (unpaired) electrons. The standard InChI is InChI=1S/C18H30N4O2/c1-18(12-19,13-4-5-13)20-17(23)11-22-8-9-24-16-10-14(21(2)3)6-7-15(16)22/h13-16H,4-11H2,1-3H3,(H,20,23)/t14-,15-,16-,18+/m1/s1. The summed E-state index contributed by atoms with van der Waals surface area (Å²) in [6, 6.07) is 3.20. The number of fused-ring (bicyclic) bond motifs is 1. The Morgan fingerprint density at radius 2 is 2.12 bits per heavy atom. The summed E-state index contributed by atoms with van der Waals surface area (Å²) in [6.07, 6.45) is 5.55. The second kappa shape index (κ2) is 6.99. The zero-order valence-electron chi connectivity index (χ0n) is 15.1. The van der Waals surface area contributed by atoms with Crippen molar-refractivity contribution in [3.8, 4) is 6.07 Å². The number of carbonyl (C=O) groups is 1. The van der Waals surface area contributed by atoms with Crippen molar-refractivity contribution >= 4 is 5.91 Å². The predicted molar refractivity (Wildman–Crippen MR) is 91.3 cm³/mol. The van der Waals surface area contributed by atoms with Crippen LogP contribution in [0.3, 0.4) is 0 Å². The summed E-state index contributed by atoms with van der Waals surface area (Å²) < 4.78 is 5.99. The average molecular weight is 334 g/mol. The summed E-state index contributed by atoms with van der Waals surface area (Å²) in [5, 5.41) is 12.4. The minimum absolute atomic E-state index is 0.0265. The van der Waals surface area contributed by atoms with Crippen LogP contribution in [0, 0.1) is 17.2 Å². The number of amides is 1. The second-order valence-corrected chi connectivity index (χ2v) is 8.01. The molecule has 0 aromatic rings. The maximum atomic E-state index is 12.5. The van der Waals surface area contributed by atoms with Crippen LogP contribution in [0.4, 0.5) is 0 Å². The van der Waals surface area contributed by atoms with Crippen LogP contribution >= 0.6 is 0 Å². The summed E-state index contributed by atoms with van der Waals surface area (Å²) in [4.78, 5) is 17.1. The Balaban J connectivity index is 1.57. The van der Waals surface area contributed by atoms with Gasteiger partial charge in [0.1, 0.15) is 5.54 Å². The van der Waals surface area contributed by atoms with Crippen molar-refractivity contribution < 1.29 is 9.53 Å². The van der Waals surface area contributed by atoms with Gasteiger partial charge in [0.15, 0.2) is 0 Å². The van der Waals surface area contributed by atoms with Gasteiger partial charge in [0.25, 0.3) is 0 Å². The molecule has 24 heavy (non-hydrogen) atoms. The van der Waals surface area contributed by atoms with E-state index in [-0.39, 0.29) is 12.0 Å². The van der Waals surface area contributed by atoms with E-state index in [9.17, 15) is 10.1 Å². The number of nitrogens with zero attached hydrogens (tertiary/aromatic N) is 3. The zero-order valence-corrected chi connectivity index (χ0v) is 15.1. The number of ether oxygens (including phenoxy) is 1. The fourth-order valence-electron chi connectivity index (χ4n) is 4.24. The first kappa shape index (κ1) is 17.7. The van der Waals surface area contributed by atoms with Crippen LogP contribution in [0.25, 0.3) is 0 Å². The van der Waals surface area contributed by atoms with E-state index in [0.29, 0.717) is 31.2 Å². The number of hydrogen-bond donors (Lipinski definition) is 1. The van der Waals surface area contributed by atoms with Crippen molar-refractivity contribution in [3.05, 3.63) is 0 Å². The normalized spacial score (nSPS) is 33.4. The maximum absolute atomic E-state index is 12.5. The first-order valence-electron chi connectivity index (χ1n) is 9.17. The lowest BCUT2D eigenvalue weighted by molar-refractivity contribution is -0.132. The molecule has 0 spiro atoms. The minimum Gasteiger partial charge on any atom is -0.375 e. The van der Waals surface area contributed by atoms with Gasteiger partial charge in [-0.1, -0.05) is 0 Å². The Hall–Kier alpha value is -1.16. The van der Waals surface area contributed by atoms with Crippen LogP contribution in [0.5, 0.6) is 0 Å². The van der Waals surface area contributed by atoms with Gasteiger partial charge in [-0.25, -0.2) is 0 Å². The summed E-state index contributed by atoms with van der Waals surface area (Å²) in [7, 11) is 4.25. The molecule has 2 saturated carbocycles. The number of rotatable bonds is 5. The fraction of sp³-hybridized carbons (Fsp3) is 0.889. The van der Waals surface area contributed by atoms with Crippen LogP contribution < -0.4 is 5.32 Å². The number of hydrogen-bond acceptors (Lipinski definition) is 5. The highest BCUT2D eigenvalue weighted by Gasteiger charge is 2.44. The third-order valence-corrected chi connectivity index (χ3v) is 6.01. The summed E-state index contributed by atoms with van der Waals surface area (Å²) >= 11 is 0.